The molecule has 0 radical (unpaired) electrons. The van der Waals surface area contributed by atoms with E-state index in [9.17, 15) is 0 Å². The van der Waals surface area contributed by atoms with Crippen molar-refractivity contribution in [1.82, 2.24) is 15.2 Å². The Kier molecular flexibility index (Phi) is 6.38. The lowest BCUT2D eigenvalue weighted by Gasteiger charge is -2.32. The van der Waals surface area contributed by atoms with Crippen molar-refractivity contribution in [2.75, 3.05) is 20.1 Å². The van der Waals surface area contributed by atoms with Crippen LogP contribution in [0.1, 0.15) is 23.3 Å². The Balaban J connectivity index is 0.00000176. The molecule has 1 aliphatic heterocycles. The summed E-state index contributed by atoms with van der Waals surface area (Å²) < 4.78 is 0. The minimum absolute atomic E-state index is 0. The molecule has 2 aromatic rings. The summed E-state index contributed by atoms with van der Waals surface area (Å²) in [5.41, 5.74) is 2.52. The third-order valence-electron chi connectivity index (χ3n) is 4.15. The normalized spacial score (nSPS) is 18.9. The third-order valence-corrected chi connectivity index (χ3v) is 5.18. The minimum atomic E-state index is 0. The Labute approximate surface area is 143 Å². The maximum Gasteiger partial charge on any atom is 0.123 e. The predicted octanol–water partition coefficient (Wildman–Crippen LogP) is 3.72. The highest BCUT2D eigenvalue weighted by molar-refractivity contribution is 7.15. The zero-order valence-corrected chi connectivity index (χ0v) is 14.8. The summed E-state index contributed by atoms with van der Waals surface area (Å²) >= 11 is 1.82. The van der Waals surface area contributed by atoms with Crippen LogP contribution in [0.15, 0.2) is 30.5 Å². The van der Waals surface area contributed by atoms with Gasteiger partial charge in [-0.2, -0.15) is 0 Å². The summed E-state index contributed by atoms with van der Waals surface area (Å²) in [5, 5.41) is 4.53. The fraction of sp³-hybridized carbons (Fsp3) is 0.471. The lowest BCUT2D eigenvalue weighted by Crippen LogP contribution is -2.43. The first-order valence-electron chi connectivity index (χ1n) is 7.66. The Morgan fingerprint density at radius 2 is 2.09 bits per heavy atom. The number of rotatable bonds is 4. The van der Waals surface area contributed by atoms with Gasteiger partial charge in [-0.15, -0.1) is 23.7 Å². The molecule has 0 amide bonds. The summed E-state index contributed by atoms with van der Waals surface area (Å²) in [4.78, 5) is 8.50. The summed E-state index contributed by atoms with van der Waals surface area (Å²) in [6.07, 6.45) is 4.63. The van der Waals surface area contributed by atoms with Crippen LogP contribution in [0.25, 0.3) is 10.6 Å². The molecular weight excluding hydrogens is 314 g/mol. The van der Waals surface area contributed by atoms with E-state index in [4.69, 9.17) is 0 Å². The number of hydrogen-bond acceptors (Lipinski definition) is 4. The monoisotopic (exact) mass is 337 g/mol. The molecule has 1 N–H and O–H groups in total. The van der Waals surface area contributed by atoms with E-state index in [0.717, 1.165) is 18.1 Å². The van der Waals surface area contributed by atoms with Crippen molar-refractivity contribution in [1.29, 1.82) is 0 Å². The summed E-state index contributed by atoms with van der Waals surface area (Å²) in [6.45, 7) is 5.50. The van der Waals surface area contributed by atoms with Crippen LogP contribution in [0.2, 0.25) is 0 Å². The topological polar surface area (TPSA) is 28.2 Å². The van der Waals surface area contributed by atoms with E-state index in [0.29, 0.717) is 6.04 Å². The van der Waals surface area contributed by atoms with Crippen LogP contribution in [0, 0.1) is 6.92 Å². The summed E-state index contributed by atoms with van der Waals surface area (Å²) in [7, 11) is 2.07. The van der Waals surface area contributed by atoms with E-state index in [1.807, 2.05) is 17.5 Å². The number of piperidine rings is 1. The third kappa shape index (κ3) is 4.29. The molecule has 1 atom stereocenters. The van der Waals surface area contributed by atoms with Crippen LogP contribution in [0.4, 0.5) is 0 Å². The first-order valence-corrected chi connectivity index (χ1v) is 8.47. The van der Waals surface area contributed by atoms with Crippen LogP contribution < -0.4 is 5.32 Å². The standard InChI is InChI=1S/C17H23N3S.ClH/c1-13-5-7-14(8-6-13)17-19-10-16(21-17)12-20-9-3-4-15(11-20)18-2;/h5-8,10,15,18H,3-4,9,11-12H2,1-2H3;1H. The molecule has 3 nitrogen and oxygen atoms in total. The van der Waals surface area contributed by atoms with Crippen LogP contribution in [0.3, 0.4) is 0 Å². The molecule has 2 heterocycles. The zero-order chi connectivity index (χ0) is 14.7. The molecule has 1 saturated heterocycles. The Hall–Kier alpha value is -0.940. The average molecular weight is 338 g/mol. The number of aromatic nitrogens is 1. The fourth-order valence-corrected chi connectivity index (χ4v) is 3.83. The van der Waals surface area contributed by atoms with E-state index in [1.54, 1.807) is 0 Å². The highest BCUT2D eigenvalue weighted by atomic mass is 35.5. The number of nitrogens with zero attached hydrogens (tertiary/aromatic N) is 2. The second kappa shape index (κ2) is 8.06. The average Bonchev–Trinajstić information content (AvgIpc) is 2.96. The van der Waals surface area contributed by atoms with Crippen molar-refractivity contribution < 1.29 is 0 Å². The smallest absolute Gasteiger partial charge is 0.123 e. The Morgan fingerprint density at radius 1 is 1.32 bits per heavy atom. The summed E-state index contributed by atoms with van der Waals surface area (Å²) in [6, 6.07) is 9.27. The van der Waals surface area contributed by atoms with Crippen LogP contribution >= 0.6 is 23.7 Å². The molecule has 0 bridgehead atoms. The molecular formula is C17H24ClN3S. The van der Waals surface area contributed by atoms with Gasteiger partial charge in [-0.1, -0.05) is 29.8 Å². The molecule has 1 unspecified atom stereocenters. The quantitative estimate of drug-likeness (QED) is 0.921. The Morgan fingerprint density at radius 3 is 2.82 bits per heavy atom. The Bertz CT molecular complexity index is 582. The van der Waals surface area contributed by atoms with E-state index < -0.39 is 0 Å². The highest BCUT2D eigenvalue weighted by Gasteiger charge is 2.19. The maximum atomic E-state index is 4.60. The maximum absolute atomic E-state index is 4.60. The molecule has 1 aromatic carbocycles. The van der Waals surface area contributed by atoms with E-state index in [1.165, 1.54) is 35.4 Å². The van der Waals surface area contributed by atoms with Crippen molar-refractivity contribution in [3.63, 3.8) is 0 Å². The van der Waals surface area contributed by atoms with Crippen LogP contribution in [0.5, 0.6) is 0 Å². The van der Waals surface area contributed by atoms with Gasteiger partial charge < -0.3 is 5.32 Å². The molecule has 0 aliphatic carbocycles. The van der Waals surface area contributed by atoms with Crippen molar-refractivity contribution in [2.24, 2.45) is 0 Å². The van der Waals surface area contributed by atoms with Gasteiger partial charge in [-0.05, 0) is 33.4 Å². The van der Waals surface area contributed by atoms with Gasteiger partial charge in [0.1, 0.15) is 5.01 Å². The predicted molar refractivity (Wildman–Crippen MR) is 96.9 cm³/mol. The number of benzene rings is 1. The highest BCUT2D eigenvalue weighted by Crippen LogP contribution is 2.26. The van der Waals surface area contributed by atoms with Gasteiger partial charge in [0.05, 0.1) is 0 Å². The van der Waals surface area contributed by atoms with E-state index >= 15 is 0 Å². The molecule has 1 aromatic heterocycles. The number of likely N-dealkylation sites (N-methyl/N-ethyl adjacent to an activating group) is 1. The molecule has 0 saturated carbocycles. The van der Waals surface area contributed by atoms with Crippen LogP contribution in [-0.4, -0.2) is 36.1 Å². The van der Waals surface area contributed by atoms with Gasteiger partial charge in [0, 0.05) is 35.8 Å². The van der Waals surface area contributed by atoms with Crippen molar-refractivity contribution in [3.8, 4) is 10.6 Å². The fourth-order valence-electron chi connectivity index (χ4n) is 2.87. The molecule has 22 heavy (non-hydrogen) atoms. The second-order valence-electron chi connectivity index (χ2n) is 5.86. The number of thiazole rings is 1. The first kappa shape index (κ1) is 17.4. The molecule has 3 rings (SSSR count). The molecule has 1 aliphatic rings. The van der Waals surface area contributed by atoms with Gasteiger partial charge in [0.25, 0.3) is 0 Å². The largest absolute Gasteiger partial charge is 0.316 e. The number of nitrogens with one attached hydrogen (secondary N) is 1. The number of likely N-dealkylation sites (tertiary alicyclic amines) is 1. The van der Waals surface area contributed by atoms with Gasteiger partial charge in [-0.3, -0.25) is 4.90 Å². The van der Waals surface area contributed by atoms with Crippen LogP contribution in [-0.2, 0) is 6.54 Å². The number of aryl methyl sites for hydroxylation is 1. The molecule has 120 valence electrons. The van der Waals surface area contributed by atoms with Gasteiger partial charge in [0.15, 0.2) is 0 Å². The van der Waals surface area contributed by atoms with Gasteiger partial charge in [-0.25, -0.2) is 4.98 Å². The first-order chi connectivity index (χ1) is 10.2. The summed E-state index contributed by atoms with van der Waals surface area (Å²) in [5.74, 6) is 0. The molecule has 0 spiro atoms. The lowest BCUT2D eigenvalue weighted by molar-refractivity contribution is 0.189. The molecule has 1 fully saturated rings. The second-order valence-corrected chi connectivity index (χ2v) is 6.98. The van der Waals surface area contributed by atoms with Crippen molar-refractivity contribution in [3.05, 3.63) is 40.9 Å². The van der Waals surface area contributed by atoms with E-state index in [-0.39, 0.29) is 12.4 Å². The zero-order valence-electron chi connectivity index (χ0n) is 13.2. The van der Waals surface area contributed by atoms with Gasteiger partial charge >= 0.3 is 0 Å². The van der Waals surface area contributed by atoms with Crippen molar-refractivity contribution in [2.45, 2.75) is 32.4 Å². The lowest BCUT2D eigenvalue weighted by atomic mass is 10.1. The minimum Gasteiger partial charge on any atom is -0.316 e. The van der Waals surface area contributed by atoms with Gasteiger partial charge in [0.2, 0.25) is 0 Å². The number of halogens is 1. The van der Waals surface area contributed by atoms with E-state index in [2.05, 4.69) is 53.4 Å². The van der Waals surface area contributed by atoms with Crippen molar-refractivity contribution >= 4 is 23.7 Å². The number of hydrogen-bond donors (Lipinski definition) is 1. The SMILES string of the molecule is CNC1CCCN(Cc2cnc(-c3ccc(C)cc3)s2)C1.Cl. The molecule has 5 heteroatoms.